The third-order valence-corrected chi connectivity index (χ3v) is 6.65. The summed E-state index contributed by atoms with van der Waals surface area (Å²) in [5.41, 5.74) is 0.487. The van der Waals surface area contributed by atoms with E-state index in [1.165, 1.54) is 26.3 Å². The minimum absolute atomic E-state index is 0.112. The fourth-order valence-electron chi connectivity index (χ4n) is 4.18. The third-order valence-electron chi connectivity index (χ3n) is 6.65. The lowest BCUT2D eigenvalue weighted by atomic mass is 9.91. The molecule has 1 saturated heterocycles. The van der Waals surface area contributed by atoms with Crippen molar-refractivity contribution in [2.45, 2.75) is 59.3 Å². The zero-order valence-corrected chi connectivity index (χ0v) is 25.6. The van der Waals surface area contributed by atoms with Crippen LogP contribution in [0.15, 0.2) is 42.6 Å². The van der Waals surface area contributed by atoms with E-state index < -0.39 is 79.2 Å². The maximum atomic E-state index is 13.4. The van der Waals surface area contributed by atoms with Gasteiger partial charge >= 0.3 is 23.9 Å². The summed E-state index contributed by atoms with van der Waals surface area (Å²) in [5.74, 6) is -5.61. The Kier molecular flexibility index (Phi) is 12.1. The lowest BCUT2D eigenvalue weighted by Crippen LogP contribution is -2.47. The summed E-state index contributed by atoms with van der Waals surface area (Å²) >= 11 is 0. The molecule has 3 rings (SSSR count). The zero-order chi connectivity index (χ0) is 32.4. The SMILES string of the molecule is COc1ccnc(C(=O)N[C@H]2COC(=O)[C@H](Cc3ccccc3)[C@@H](OC(=O)C(C)C)[C@H](C)OC2=O)c1OCOC(=O)[14CH](C)C. The molecular weight excluding hydrogens is 578 g/mol. The van der Waals surface area contributed by atoms with Gasteiger partial charge in [-0.15, -0.1) is 0 Å². The highest BCUT2D eigenvalue weighted by Gasteiger charge is 2.42. The average Bonchev–Trinajstić information content (AvgIpc) is 3.03. The molecule has 0 spiro atoms. The van der Waals surface area contributed by atoms with Gasteiger partial charge < -0.3 is 33.7 Å². The minimum atomic E-state index is -1.45. The van der Waals surface area contributed by atoms with Crippen LogP contribution in [-0.4, -0.2) is 73.5 Å². The zero-order valence-electron chi connectivity index (χ0n) is 25.6. The number of benzene rings is 1. The number of rotatable bonds is 11. The molecule has 4 atom stereocenters. The van der Waals surface area contributed by atoms with Crippen LogP contribution in [0.5, 0.6) is 11.5 Å². The maximum absolute atomic E-state index is 13.4. The highest BCUT2D eigenvalue weighted by Crippen LogP contribution is 2.30. The van der Waals surface area contributed by atoms with Crippen LogP contribution in [0.25, 0.3) is 0 Å². The number of hydrogen-bond acceptors (Lipinski definition) is 12. The second kappa shape index (κ2) is 15.7. The van der Waals surface area contributed by atoms with Crippen molar-refractivity contribution in [1.29, 1.82) is 0 Å². The molecule has 1 fully saturated rings. The highest BCUT2D eigenvalue weighted by atomic mass is 16.7. The molecule has 13 nitrogen and oxygen atoms in total. The third kappa shape index (κ3) is 8.91. The van der Waals surface area contributed by atoms with Gasteiger partial charge in [-0.05, 0) is 18.9 Å². The van der Waals surface area contributed by atoms with Gasteiger partial charge in [-0.25, -0.2) is 9.78 Å². The van der Waals surface area contributed by atoms with Crippen molar-refractivity contribution in [3.05, 3.63) is 53.9 Å². The molecule has 2 aromatic rings. The van der Waals surface area contributed by atoms with Crippen molar-refractivity contribution >= 4 is 29.8 Å². The molecule has 1 aromatic heterocycles. The van der Waals surface area contributed by atoms with E-state index in [9.17, 15) is 24.0 Å². The first-order valence-electron chi connectivity index (χ1n) is 14.2. The summed E-state index contributed by atoms with van der Waals surface area (Å²) < 4.78 is 32.6. The molecule has 1 aliphatic rings. The molecule has 0 unspecified atom stereocenters. The lowest BCUT2D eigenvalue weighted by molar-refractivity contribution is -0.176. The largest absolute Gasteiger partial charge is 0.493 e. The van der Waals surface area contributed by atoms with Crippen LogP contribution < -0.4 is 14.8 Å². The average molecular weight is 617 g/mol. The van der Waals surface area contributed by atoms with Crippen LogP contribution in [0.2, 0.25) is 0 Å². The molecule has 238 valence electrons. The van der Waals surface area contributed by atoms with Crippen molar-refractivity contribution in [2.24, 2.45) is 17.8 Å². The molecule has 44 heavy (non-hydrogen) atoms. The van der Waals surface area contributed by atoms with E-state index in [-0.39, 0.29) is 23.6 Å². The van der Waals surface area contributed by atoms with Crippen LogP contribution in [0.4, 0.5) is 0 Å². The Morgan fingerprint density at radius 1 is 1.09 bits per heavy atom. The quantitative estimate of drug-likeness (QED) is 0.223. The van der Waals surface area contributed by atoms with E-state index in [0.717, 1.165) is 5.56 Å². The van der Waals surface area contributed by atoms with Gasteiger partial charge in [0.1, 0.15) is 18.6 Å². The normalized spacial score (nSPS) is 20.4. The Morgan fingerprint density at radius 3 is 2.43 bits per heavy atom. The number of cyclic esters (lactones) is 2. The first kappa shape index (κ1) is 33.8. The number of pyridine rings is 1. The molecule has 1 N–H and O–H groups in total. The molecular formula is C31H38N2O11. The fourth-order valence-corrected chi connectivity index (χ4v) is 4.18. The molecule has 0 bridgehead atoms. The monoisotopic (exact) mass is 616 g/mol. The van der Waals surface area contributed by atoms with Crippen LogP contribution in [0.1, 0.15) is 50.7 Å². The summed E-state index contributed by atoms with van der Waals surface area (Å²) in [6.07, 6.45) is -0.811. The minimum Gasteiger partial charge on any atom is -0.493 e. The first-order chi connectivity index (χ1) is 20.9. The van der Waals surface area contributed by atoms with Crippen LogP contribution in [-0.2, 0) is 44.5 Å². The van der Waals surface area contributed by atoms with E-state index in [0.29, 0.717) is 0 Å². The van der Waals surface area contributed by atoms with Crippen molar-refractivity contribution in [2.75, 3.05) is 20.5 Å². The Morgan fingerprint density at radius 2 is 1.80 bits per heavy atom. The number of hydrogen-bond donors (Lipinski definition) is 1. The van der Waals surface area contributed by atoms with Gasteiger partial charge in [0.05, 0.1) is 18.9 Å². The fraction of sp³-hybridized carbons (Fsp3) is 0.484. The molecule has 1 aromatic carbocycles. The Bertz CT molecular complexity index is 1330. The number of carbonyl (C=O) groups is 5. The molecule has 1 aliphatic heterocycles. The van der Waals surface area contributed by atoms with Crippen molar-refractivity contribution < 1.29 is 52.4 Å². The number of nitrogens with zero attached hydrogens (tertiary/aromatic N) is 1. The second-order valence-corrected chi connectivity index (χ2v) is 10.7. The topological polar surface area (TPSA) is 166 Å². The van der Waals surface area contributed by atoms with E-state index in [1.54, 1.807) is 39.8 Å². The van der Waals surface area contributed by atoms with E-state index in [1.807, 2.05) is 18.2 Å². The summed E-state index contributed by atoms with van der Waals surface area (Å²) in [4.78, 5) is 68.5. The summed E-state index contributed by atoms with van der Waals surface area (Å²) in [6, 6.07) is 9.03. The Balaban J connectivity index is 1.85. The lowest BCUT2D eigenvalue weighted by Gasteiger charge is -2.29. The Hall–Kier alpha value is -4.68. The first-order valence-corrected chi connectivity index (χ1v) is 14.2. The van der Waals surface area contributed by atoms with E-state index in [4.69, 9.17) is 28.4 Å². The molecule has 0 saturated carbocycles. The number of amides is 1. The number of nitrogens with one attached hydrogen (secondary N) is 1. The summed E-state index contributed by atoms with van der Waals surface area (Å²) in [6.45, 7) is 6.98. The standard InChI is InChI=1S/C31H38N2O11/c1-17(2)28(35)42-16-41-26-23(39-6)12-13-32-24(26)27(34)33-22-15-40-30(37)21(14-20-10-8-7-9-11-20)25(19(5)43-31(22)38)44-29(36)18(3)4/h7-13,17-19,21-22,25H,14-16H2,1-6H3,(H,33,34)/t19-,21+,22-,25-/m0/s1/i17+2. The van der Waals surface area contributed by atoms with Crippen LogP contribution in [0, 0.1) is 17.8 Å². The van der Waals surface area contributed by atoms with Gasteiger partial charge in [0, 0.05) is 12.3 Å². The molecule has 0 aliphatic carbocycles. The Labute approximate surface area is 255 Å². The second-order valence-electron chi connectivity index (χ2n) is 10.7. The summed E-state index contributed by atoms with van der Waals surface area (Å²) in [7, 11) is 1.34. The predicted octanol–water partition coefficient (Wildman–Crippen LogP) is 2.64. The van der Waals surface area contributed by atoms with Gasteiger partial charge in [-0.1, -0.05) is 58.0 Å². The molecule has 13 heteroatoms. The number of aromatic nitrogens is 1. The van der Waals surface area contributed by atoms with Gasteiger partial charge in [0.15, 0.2) is 29.3 Å². The van der Waals surface area contributed by atoms with Gasteiger partial charge in [-0.2, -0.15) is 0 Å². The van der Waals surface area contributed by atoms with E-state index in [2.05, 4.69) is 10.3 Å². The van der Waals surface area contributed by atoms with Crippen LogP contribution >= 0.6 is 0 Å². The number of esters is 4. The predicted molar refractivity (Wildman–Crippen MR) is 153 cm³/mol. The molecule has 0 radical (unpaired) electrons. The van der Waals surface area contributed by atoms with Crippen LogP contribution in [0.3, 0.4) is 0 Å². The van der Waals surface area contributed by atoms with Crippen molar-refractivity contribution in [3.8, 4) is 11.5 Å². The highest BCUT2D eigenvalue weighted by molar-refractivity contribution is 5.98. The molecule has 2 heterocycles. The summed E-state index contributed by atoms with van der Waals surface area (Å²) in [5, 5.41) is 2.46. The maximum Gasteiger partial charge on any atom is 0.332 e. The van der Waals surface area contributed by atoms with Gasteiger partial charge in [0.2, 0.25) is 6.79 Å². The smallest absolute Gasteiger partial charge is 0.332 e. The van der Waals surface area contributed by atoms with E-state index >= 15 is 0 Å². The van der Waals surface area contributed by atoms with Gasteiger partial charge in [0.25, 0.3) is 5.91 Å². The van der Waals surface area contributed by atoms with Crippen molar-refractivity contribution in [1.82, 2.24) is 10.3 Å². The number of carbonyl (C=O) groups excluding carboxylic acids is 5. The van der Waals surface area contributed by atoms with Gasteiger partial charge in [-0.3, -0.25) is 19.2 Å². The number of ether oxygens (including phenoxy) is 6. The molecule has 1 amide bonds. The number of methoxy groups -OCH3 is 1. The van der Waals surface area contributed by atoms with Crippen molar-refractivity contribution in [3.63, 3.8) is 0 Å².